The normalized spacial score (nSPS) is 10.7. The third-order valence-electron chi connectivity index (χ3n) is 3.12. The molecule has 0 aliphatic heterocycles. The Morgan fingerprint density at radius 3 is 2.84 bits per heavy atom. The van der Waals surface area contributed by atoms with Crippen molar-refractivity contribution in [3.05, 3.63) is 29.8 Å². The van der Waals surface area contributed by atoms with Crippen LogP contribution in [0.5, 0.6) is 0 Å². The Bertz CT molecular complexity index is 524. The highest BCUT2D eigenvalue weighted by Crippen LogP contribution is 2.24. The molecule has 19 heavy (non-hydrogen) atoms. The molecular weight excluding hydrogens is 240 g/mol. The van der Waals surface area contributed by atoms with Gasteiger partial charge in [0.15, 0.2) is 0 Å². The van der Waals surface area contributed by atoms with Crippen LogP contribution in [-0.2, 0) is 6.42 Å². The van der Waals surface area contributed by atoms with E-state index >= 15 is 0 Å². The Morgan fingerprint density at radius 1 is 1.32 bits per heavy atom. The van der Waals surface area contributed by atoms with E-state index in [-0.39, 0.29) is 0 Å². The highest BCUT2D eigenvalue weighted by Gasteiger charge is 2.13. The summed E-state index contributed by atoms with van der Waals surface area (Å²) in [6, 6.07) is 8.14. The predicted molar refractivity (Wildman–Crippen MR) is 76.3 cm³/mol. The first-order valence-corrected chi connectivity index (χ1v) is 6.54. The molecule has 0 fully saturated rings. The molecule has 1 heterocycles. The van der Waals surface area contributed by atoms with E-state index in [9.17, 15) is 0 Å². The molecule has 102 valence electrons. The average molecular weight is 260 g/mol. The van der Waals surface area contributed by atoms with E-state index in [4.69, 9.17) is 4.52 Å². The molecule has 0 bridgehead atoms. The van der Waals surface area contributed by atoms with Gasteiger partial charge in [-0.15, -0.1) is 0 Å². The molecule has 1 N–H and O–H groups in total. The fraction of sp³-hybridized carbons (Fsp3) is 0.429. The third kappa shape index (κ3) is 3.12. The summed E-state index contributed by atoms with van der Waals surface area (Å²) in [5.74, 6) is 1.21. The molecule has 5 nitrogen and oxygen atoms in total. The number of nitrogens with one attached hydrogen (secondary N) is 1. The van der Waals surface area contributed by atoms with Crippen molar-refractivity contribution < 1.29 is 4.52 Å². The molecule has 0 radical (unpaired) electrons. The zero-order valence-electron chi connectivity index (χ0n) is 11.7. The molecule has 0 aliphatic rings. The molecule has 1 aromatic heterocycles. The fourth-order valence-electron chi connectivity index (χ4n) is 1.83. The minimum atomic E-state index is 0.585. The standard InChI is InChI=1S/C14H20N4O/c1-4-18(3)14-16-13(19-17-14)12-8-6-5-7-11(12)9-10-15-2/h5-8,15H,4,9-10H2,1-3H3. The lowest BCUT2D eigenvalue weighted by molar-refractivity contribution is 0.430. The van der Waals surface area contributed by atoms with Crippen molar-refractivity contribution in [3.63, 3.8) is 0 Å². The number of aromatic nitrogens is 2. The number of hydrogen-bond acceptors (Lipinski definition) is 5. The summed E-state index contributed by atoms with van der Waals surface area (Å²) in [6.45, 7) is 3.82. The first-order valence-electron chi connectivity index (χ1n) is 6.54. The van der Waals surface area contributed by atoms with Crippen LogP contribution in [0.1, 0.15) is 12.5 Å². The zero-order valence-corrected chi connectivity index (χ0v) is 11.7. The lowest BCUT2D eigenvalue weighted by atomic mass is 10.0. The van der Waals surface area contributed by atoms with Crippen LogP contribution in [0.15, 0.2) is 28.8 Å². The zero-order chi connectivity index (χ0) is 13.7. The van der Waals surface area contributed by atoms with Crippen molar-refractivity contribution >= 4 is 5.95 Å². The van der Waals surface area contributed by atoms with E-state index < -0.39 is 0 Å². The first kappa shape index (κ1) is 13.5. The van der Waals surface area contributed by atoms with Crippen molar-refractivity contribution in [3.8, 4) is 11.5 Å². The smallest absolute Gasteiger partial charge is 0.266 e. The molecule has 2 aromatic rings. The maximum atomic E-state index is 5.37. The molecule has 2 rings (SSSR count). The molecule has 5 heteroatoms. The van der Waals surface area contributed by atoms with Gasteiger partial charge in [-0.05, 0) is 43.7 Å². The number of anilines is 1. The van der Waals surface area contributed by atoms with Gasteiger partial charge in [0.25, 0.3) is 11.8 Å². The van der Waals surface area contributed by atoms with Crippen molar-refractivity contribution in [2.24, 2.45) is 0 Å². The van der Waals surface area contributed by atoms with E-state index in [1.807, 2.05) is 37.2 Å². The van der Waals surface area contributed by atoms with E-state index in [0.717, 1.165) is 25.1 Å². The highest BCUT2D eigenvalue weighted by molar-refractivity contribution is 5.59. The predicted octanol–water partition coefficient (Wildman–Crippen LogP) is 1.95. The van der Waals surface area contributed by atoms with Gasteiger partial charge in [-0.25, -0.2) is 0 Å². The van der Waals surface area contributed by atoms with E-state index in [1.165, 1.54) is 5.56 Å². The van der Waals surface area contributed by atoms with Gasteiger partial charge in [-0.3, -0.25) is 0 Å². The topological polar surface area (TPSA) is 54.2 Å². The van der Waals surface area contributed by atoms with Crippen LogP contribution in [0, 0.1) is 0 Å². The van der Waals surface area contributed by atoms with Gasteiger partial charge < -0.3 is 14.7 Å². The number of hydrogen-bond donors (Lipinski definition) is 1. The summed E-state index contributed by atoms with van der Waals surface area (Å²) < 4.78 is 5.37. The van der Waals surface area contributed by atoms with Gasteiger partial charge in [0.2, 0.25) is 0 Å². The van der Waals surface area contributed by atoms with Gasteiger partial charge in [-0.2, -0.15) is 4.98 Å². The lowest BCUT2D eigenvalue weighted by Crippen LogP contribution is -2.17. The summed E-state index contributed by atoms with van der Waals surface area (Å²) in [5.41, 5.74) is 2.23. The minimum Gasteiger partial charge on any atom is -0.342 e. The molecule has 0 saturated heterocycles. The van der Waals surface area contributed by atoms with Crippen molar-refractivity contribution in [1.29, 1.82) is 0 Å². The maximum absolute atomic E-state index is 5.37. The van der Waals surface area contributed by atoms with Gasteiger partial charge in [0.1, 0.15) is 0 Å². The van der Waals surface area contributed by atoms with Crippen LogP contribution in [0.2, 0.25) is 0 Å². The Morgan fingerprint density at radius 2 is 2.11 bits per heavy atom. The van der Waals surface area contributed by atoms with E-state index in [1.54, 1.807) is 0 Å². The molecular formula is C14H20N4O. The molecule has 0 saturated carbocycles. The Kier molecular flexibility index (Phi) is 4.52. The quantitative estimate of drug-likeness (QED) is 0.860. The summed E-state index contributed by atoms with van der Waals surface area (Å²) >= 11 is 0. The summed E-state index contributed by atoms with van der Waals surface area (Å²) in [5, 5.41) is 7.16. The molecule has 0 atom stereocenters. The maximum Gasteiger partial charge on any atom is 0.266 e. The van der Waals surface area contributed by atoms with Crippen molar-refractivity contribution in [2.75, 3.05) is 32.1 Å². The van der Waals surface area contributed by atoms with Crippen LogP contribution >= 0.6 is 0 Å². The second-order valence-corrected chi connectivity index (χ2v) is 4.42. The van der Waals surface area contributed by atoms with Crippen molar-refractivity contribution in [2.45, 2.75) is 13.3 Å². The lowest BCUT2D eigenvalue weighted by Gasteiger charge is -2.09. The van der Waals surface area contributed by atoms with E-state index in [2.05, 4.69) is 28.4 Å². The van der Waals surface area contributed by atoms with Crippen LogP contribution in [0.3, 0.4) is 0 Å². The summed E-state index contributed by atoms with van der Waals surface area (Å²) in [4.78, 5) is 6.40. The van der Waals surface area contributed by atoms with Gasteiger partial charge in [-0.1, -0.05) is 18.2 Å². The monoisotopic (exact) mass is 260 g/mol. The second kappa shape index (κ2) is 6.33. The highest BCUT2D eigenvalue weighted by atomic mass is 16.5. The van der Waals surface area contributed by atoms with E-state index in [0.29, 0.717) is 11.8 Å². The SMILES string of the molecule is CCN(C)c1noc(-c2ccccc2CCNC)n1. The summed E-state index contributed by atoms with van der Waals surface area (Å²) in [6.07, 6.45) is 0.938. The second-order valence-electron chi connectivity index (χ2n) is 4.42. The van der Waals surface area contributed by atoms with Crippen LogP contribution in [0.4, 0.5) is 5.95 Å². The Balaban J connectivity index is 2.28. The van der Waals surface area contributed by atoms with Gasteiger partial charge in [0.05, 0.1) is 0 Å². The molecule has 0 amide bonds. The largest absolute Gasteiger partial charge is 0.342 e. The molecule has 0 unspecified atom stereocenters. The van der Waals surface area contributed by atoms with Crippen LogP contribution in [0.25, 0.3) is 11.5 Å². The number of benzene rings is 1. The van der Waals surface area contributed by atoms with Crippen LogP contribution < -0.4 is 10.2 Å². The Hall–Kier alpha value is -1.88. The average Bonchev–Trinajstić information content (AvgIpc) is 2.94. The fourth-order valence-corrected chi connectivity index (χ4v) is 1.83. The number of rotatable bonds is 6. The van der Waals surface area contributed by atoms with Crippen molar-refractivity contribution in [1.82, 2.24) is 15.5 Å². The van der Waals surface area contributed by atoms with Gasteiger partial charge in [0, 0.05) is 19.2 Å². The Labute approximate surface area is 113 Å². The van der Waals surface area contributed by atoms with Gasteiger partial charge >= 0.3 is 0 Å². The summed E-state index contributed by atoms with van der Waals surface area (Å²) in [7, 11) is 3.89. The molecule has 0 aliphatic carbocycles. The first-order chi connectivity index (χ1) is 9.26. The third-order valence-corrected chi connectivity index (χ3v) is 3.12. The molecule has 0 spiro atoms. The number of nitrogens with zero attached hydrogens (tertiary/aromatic N) is 3. The minimum absolute atomic E-state index is 0.585. The molecule has 1 aromatic carbocycles. The number of likely N-dealkylation sites (N-methyl/N-ethyl adjacent to an activating group) is 1. The van der Waals surface area contributed by atoms with Crippen LogP contribution in [-0.4, -0.2) is 37.3 Å².